The molecule has 0 saturated heterocycles. The van der Waals surface area contributed by atoms with Crippen molar-refractivity contribution in [3.05, 3.63) is 53.6 Å². The normalized spacial score (nSPS) is 12.9. The van der Waals surface area contributed by atoms with E-state index in [0.29, 0.717) is 17.2 Å². The molecule has 1 aliphatic rings. The van der Waals surface area contributed by atoms with Gasteiger partial charge in [0.15, 0.2) is 0 Å². The summed E-state index contributed by atoms with van der Waals surface area (Å²) >= 11 is 0. The van der Waals surface area contributed by atoms with E-state index in [0.717, 1.165) is 41.8 Å². The van der Waals surface area contributed by atoms with Crippen LogP contribution in [0.4, 0.5) is 5.82 Å². The summed E-state index contributed by atoms with van der Waals surface area (Å²) in [6, 6.07) is 1.67. The molecule has 2 N–H and O–H groups in total. The molecule has 0 bridgehead atoms. The highest BCUT2D eigenvalue weighted by Crippen LogP contribution is 2.33. The maximum absolute atomic E-state index is 12.7. The van der Waals surface area contributed by atoms with Crippen molar-refractivity contribution in [2.45, 2.75) is 26.2 Å². The first-order valence-corrected chi connectivity index (χ1v) is 7.83. The lowest BCUT2D eigenvalue weighted by Crippen LogP contribution is -2.14. The van der Waals surface area contributed by atoms with Gasteiger partial charge in [-0.1, -0.05) is 0 Å². The Kier molecular flexibility index (Phi) is 3.53. The second-order valence-electron chi connectivity index (χ2n) is 5.75. The molecule has 3 aromatic heterocycles. The molecular weight excluding hydrogens is 304 g/mol. The number of hydrogen-bond donors (Lipinski definition) is 2. The minimum Gasteiger partial charge on any atom is -0.364 e. The van der Waals surface area contributed by atoms with Gasteiger partial charge in [0.2, 0.25) is 0 Å². The molecule has 0 fully saturated rings. The number of carbonyl (C=O) groups is 1. The third-order valence-electron chi connectivity index (χ3n) is 4.12. The van der Waals surface area contributed by atoms with Crippen LogP contribution in [0.2, 0.25) is 0 Å². The fourth-order valence-corrected chi connectivity index (χ4v) is 3.04. The van der Waals surface area contributed by atoms with Gasteiger partial charge in [0.1, 0.15) is 18.0 Å². The lowest BCUT2D eigenvalue weighted by molar-refractivity contribution is 0.102. The number of aryl methyl sites for hydroxylation is 3. The number of nitrogens with zero attached hydrogens (tertiary/aromatic N) is 4. The average Bonchev–Trinajstić information content (AvgIpc) is 2.91. The van der Waals surface area contributed by atoms with Crippen LogP contribution in [0.3, 0.4) is 0 Å². The smallest absolute Gasteiger partial charge is 0.259 e. The summed E-state index contributed by atoms with van der Waals surface area (Å²) in [4.78, 5) is 32.8. The largest absolute Gasteiger partial charge is 0.364 e. The molecule has 0 aliphatic heterocycles. The Bertz CT molecular complexity index is 917. The molecule has 3 aromatic rings. The fourth-order valence-electron chi connectivity index (χ4n) is 3.04. The number of H-pyrrole nitrogens is 1. The number of fused-ring (bicyclic) bond motifs is 3. The molecule has 0 atom stereocenters. The van der Waals surface area contributed by atoms with Crippen molar-refractivity contribution in [1.29, 1.82) is 0 Å². The maximum atomic E-state index is 12.7. The van der Waals surface area contributed by atoms with E-state index in [1.165, 1.54) is 6.33 Å². The maximum Gasteiger partial charge on any atom is 0.259 e. The van der Waals surface area contributed by atoms with Crippen LogP contribution < -0.4 is 5.32 Å². The van der Waals surface area contributed by atoms with E-state index in [4.69, 9.17) is 0 Å². The molecule has 7 heteroatoms. The van der Waals surface area contributed by atoms with Gasteiger partial charge < -0.3 is 10.3 Å². The molecule has 0 aromatic carbocycles. The highest BCUT2D eigenvalue weighted by Gasteiger charge is 2.24. The summed E-state index contributed by atoms with van der Waals surface area (Å²) in [5, 5.41) is 2.83. The van der Waals surface area contributed by atoms with Gasteiger partial charge in [0, 0.05) is 29.8 Å². The van der Waals surface area contributed by atoms with E-state index in [-0.39, 0.29) is 5.91 Å². The molecule has 0 saturated carbocycles. The zero-order valence-electron chi connectivity index (χ0n) is 13.2. The van der Waals surface area contributed by atoms with E-state index in [2.05, 4.69) is 30.2 Å². The number of hydrogen-bond acceptors (Lipinski definition) is 5. The molecule has 0 spiro atoms. The van der Waals surface area contributed by atoms with E-state index >= 15 is 0 Å². The minimum atomic E-state index is -0.211. The molecule has 7 nitrogen and oxygen atoms in total. The Labute approximate surface area is 138 Å². The molecule has 0 unspecified atom stereocenters. The summed E-state index contributed by atoms with van der Waals surface area (Å²) in [6.45, 7) is 1.78. The van der Waals surface area contributed by atoms with Crippen LogP contribution in [0.5, 0.6) is 0 Å². The van der Waals surface area contributed by atoms with Gasteiger partial charge in [0.25, 0.3) is 5.91 Å². The Morgan fingerprint density at radius 2 is 2.21 bits per heavy atom. The third-order valence-corrected chi connectivity index (χ3v) is 4.12. The van der Waals surface area contributed by atoms with Crippen LogP contribution in [0.1, 0.15) is 33.9 Å². The predicted molar refractivity (Wildman–Crippen MR) is 88.6 cm³/mol. The van der Waals surface area contributed by atoms with E-state index in [9.17, 15) is 4.79 Å². The first-order chi connectivity index (χ1) is 11.7. The highest BCUT2D eigenvalue weighted by atomic mass is 16.1. The van der Waals surface area contributed by atoms with Crippen molar-refractivity contribution in [2.75, 3.05) is 5.32 Å². The second kappa shape index (κ2) is 5.84. The number of aromatic nitrogens is 5. The molecule has 3 heterocycles. The van der Waals surface area contributed by atoms with Gasteiger partial charge in [-0.05, 0) is 37.8 Å². The Morgan fingerprint density at radius 1 is 1.29 bits per heavy atom. The molecule has 1 amide bonds. The quantitative estimate of drug-likeness (QED) is 0.755. The second-order valence-corrected chi connectivity index (χ2v) is 5.75. The number of nitrogens with one attached hydrogen (secondary N) is 2. The van der Waals surface area contributed by atoms with Gasteiger partial charge in [-0.15, -0.1) is 0 Å². The monoisotopic (exact) mass is 320 g/mol. The molecule has 24 heavy (non-hydrogen) atoms. The topological polar surface area (TPSA) is 96.5 Å². The highest BCUT2D eigenvalue weighted by molar-refractivity contribution is 6.08. The predicted octanol–water partition coefficient (Wildman–Crippen LogP) is 2.31. The summed E-state index contributed by atoms with van der Waals surface area (Å²) in [7, 11) is 0. The van der Waals surface area contributed by atoms with Gasteiger partial charge >= 0.3 is 0 Å². The minimum absolute atomic E-state index is 0.211. The van der Waals surface area contributed by atoms with Crippen molar-refractivity contribution in [3.63, 3.8) is 0 Å². The van der Waals surface area contributed by atoms with Gasteiger partial charge in [-0.3, -0.25) is 4.79 Å². The summed E-state index contributed by atoms with van der Waals surface area (Å²) in [6.07, 6.45) is 9.51. The number of carbonyl (C=O) groups excluding carboxylic acids is 1. The van der Waals surface area contributed by atoms with Crippen LogP contribution in [-0.4, -0.2) is 30.8 Å². The third kappa shape index (κ3) is 2.54. The molecule has 4 rings (SSSR count). The first kappa shape index (κ1) is 14.5. The van der Waals surface area contributed by atoms with Gasteiger partial charge in [-0.2, -0.15) is 0 Å². The van der Waals surface area contributed by atoms with Crippen LogP contribution in [0.25, 0.3) is 11.3 Å². The Balaban J connectivity index is 1.74. The van der Waals surface area contributed by atoms with Crippen molar-refractivity contribution in [2.24, 2.45) is 0 Å². The van der Waals surface area contributed by atoms with Crippen LogP contribution in [0, 0.1) is 6.92 Å². The lowest BCUT2D eigenvalue weighted by atomic mass is 10.0. The zero-order valence-corrected chi connectivity index (χ0v) is 13.2. The van der Waals surface area contributed by atoms with Crippen LogP contribution in [0.15, 0.2) is 31.0 Å². The molecule has 1 aliphatic carbocycles. The molecule has 120 valence electrons. The Hall–Kier alpha value is -3.09. The van der Waals surface area contributed by atoms with Crippen molar-refractivity contribution in [3.8, 4) is 11.3 Å². The molecule has 0 radical (unpaired) electrons. The number of aromatic amines is 1. The van der Waals surface area contributed by atoms with E-state index < -0.39 is 0 Å². The Morgan fingerprint density at radius 3 is 3.08 bits per heavy atom. The van der Waals surface area contributed by atoms with Gasteiger partial charge in [0.05, 0.1) is 11.3 Å². The van der Waals surface area contributed by atoms with Crippen molar-refractivity contribution < 1.29 is 4.79 Å². The van der Waals surface area contributed by atoms with E-state index in [1.807, 2.05) is 6.20 Å². The summed E-state index contributed by atoms with van der Waals surface area (Å²) < 4.78 is 0. The average molecular weight is 320 g/mol. The van der Waals surface area contributed by atoms with Crippen LogP contribution in [-0.2, 0) is 12.8 Å². The van der Waals surface area contributed by atoms with Crippen molar-refractivity contribution in [1.82, 2.24) is 24.9 Å². The van der Waals surface area contributed by atoms with Crippen molar-refractivity contribution >= 4 is 11.7 Å². The van der Waals surface area contributed by atoms with E-state index in [1.54, 1.807) is 25.4 Å². The first-order valence-electron chi connectivity index (χ1n) is 7.83. The summed E-state index contributed by atoms with van der Waals surface area (Å²) in [5.74, 6) is 0.884. The lowest BCUT2D eigenvalue weighted by Gasteiger charge is -2.08. The molecular formula is C17H16N6O. The van der Waals surface area contributed by atoms with Crippen LogP contribution >= 0.6 is 0 Å². The summed E-state index contributed by atoms with van der Waals surface area (Å²) in [5.41, 5.74) is 4.39. The number of anilines is 1. The zero-order chi connectivity index (χ0) is 16.5. The fraction of sp³-hybridized carbons (Fsp3) is 0.235. The van der Waals surface area contributed by atoms with Gasteiger partial charge in [-0.25, -0.2) is 19.9 Å². The standard InChI is InChI=1S/C17H16N6O/c1-10-19-6-5-14(22-10)23-17(24)12-8-20-13-4-2-3-11-7-18-9-21-16(11)15(12)13/h5-9,20H,2-4H2,1H3,(H,19,22,23,24). The SMILES string of the molecule is Cc1nccc(NC(=O)c2c[nH]c3c2-c2ncncc2CCC3)n1. The number of amides is 1. The number of rotatable bonds is 2.